The predicted molar refractivity (Wildman–Crippen MR) is 105 cm³/mol. The molecule has 5 rings (SSSR count). The number of aromatic nitrogens is 2. The van der Waals surface area contributed by atoms with Gasteiger partial charge in [0.1, 0.15) is 28.0 Å². The summed E-state index contributed by atoms with van der Waals surface area (Å²) in [6, 6.07) is 1.23. The van der Waals surface area contributed by atoms with Crippen LogP contribution >= 0.6 is 11.5 Å². The van der Waals surface area contributed by atoms with Crippen LogP contribution in [0.15, 0.2) is 22.2 Å². The molecule has 0 amide bonds. The van der Waals surface area contributed by atoms with E-state index in [0.717, 1.165) is 31.0 Å². The smallest absolute Gasteiger partial charge is 0.271 e. The Morgan fingerprint density at radius 2 is 2.11 bits per heavy atom. The minimum atomic E-state index is -0.512. The number of halogens is 1. The summed E-state index contributed by atoms with van der Waals surface area (Å²) < 4.78 is 25.4. The Balaban J connectivity index is 1.92. The van der Waals surface area contributed by atoms with E-state index in [0.29, 0.717) is 40.6 Å². The lowest BCUT2D eigenvalue weighted by atomic mass is 10.1. The van der Waals surface area contributed by atoms with Gasteiger partial charge in [0.25, 0.3) is 5.56 Å². The van der Waals surface area contributed by atoms with Crippen LogP contribution in [0, 0.1) is 5.82 Å². The molecule has 2 aromatic heterocycles. The number of pyridine rings is 1. The maximum atomic E-state index is 15.1. The molecule has 1 fully saturated rings. The maximum Gasteiger partial charge on any atom is 0.271 e. The molecule has 0 spiro atoms. The number of anilines is 1. The third kappa shape index (κ3) is 2.28. The number of aromatic amines is 1. The topological polar surface area (TPSA) is 79.4 Å². The van der Waals surface area contributed by atoms with E-state index in [1.54, 1.807) is 4.57 Å². The molecule has 0 aliphatic carbocycles. The first kappa shape index (κ1) is 16.5. The van der Waals surface area contributed by atoms with Gasteiger partial charge in [-0.1, -0.05) is 6.58 Å². The number of fused-ring (bicyclic) bond motifs is 2. The Labute approximate surface area is 156 Å². The Kier molecular flexibility index (Phi) is 3.63. The van der Waals surface area contributed by atoms with Gasteiger partial charge in [-0.05, 0) is 30.6 Å². The molecule has 9 heteroatoms. The maximum absolute atomic E-state index is 15.1. The van der Waals surface area contributed by atoms with Gasteiger partial charge in [0.05, 0.1) is 11.1 Å². The highest BCUT2D eigenvalue weighted by Gasteiger charge is 2.30. The molecule has 140 valence electrons. The van der Waals surface area contributed by atoms with Crippen LogP contribution in [0.25, 0.3) is 26.8 Å². The van der Waals surface area contributed by atoms with Crippen LogP contribution in [0.4, 0.5) is 10.1 Å². The van der Waals surface area contributed by atoms with E-state index in [1.165, 1.54) is 6.07 Å². The van der Waals surface area contributed by atoms with Crippen LogP contribution in [0.3, 0.4) is 0 Å². The molecule has 3 aromatic rings. The van der Waals surface area contributed by atoms with Crippen LogP contribution < -0.4 is 25.9 Å². The molecule has 7 nitrogen and oxygen atoms in total. The van der Waals surface area contributed by atoms with Crippen LogP contribution in [0.2, 0.25) is 0 Å². The summed E-state index contributed by atoms with van der Waals surface area (Å²) in [7, 11) is 0. The van der Waals surface area contributed by atoms with Crippen molar-refractivity contribution in [2.45, 2.75) is 6.42 Å². The number of hydrogen-bond acceptors (Lipinski definition) is 6. The van der Waals surface area contributed by atoms with E-state index in [9.17, 15) is 9.59 Å². The third-order valence-corrected chi connectivity index (χ3v) is 5.99. The zero-order chi connectivity index (χ0) is 18.7. The van der Waals surface area contributed by atoms with Crippen molar-refractivity contribution >= 4 is 44.0 Å². The van der Waals surface area contributed by atoms with Crippen molar-refractivity contribution in [3.05, 3.63) is 39.0 Å². The molecule has 4 heterocycles. The number of ether oxygens (including phenoxy) is 1. The van der Waals surface area contributed by atoms with Crippen molar-refractivity contribution < 1.29 is 9.13 Å². The molecule has 0 radical (unpaired) electrons. The highest BCUT2D eigenvalue weighted by molar-refractivity contribution is 7.12. The van der Waals surface area contributed by atoms with Gasteiger partial charge in [-0.15, -0.1) is 0 Å². The fourth-order valence-electron chi connectivity index (χ4n) is 3.91. The standard InChI is InChI=1S/C18H17FN4O3S/c1-9-8-26-16-13-10(15(24)12-17(25)21-27-18(12)23(9)13)7-11(19)14(16)22-5-2-3-20-4-6-22/h7,20H,1-6,8H2,(H,21,25). The Morgan fingerprint density at radius 1 is 1.26 bits per heavy atom. The average Bonchev–Trinajstić information content (AvgIpc) is 2.86. The molecule has 0 bridgehead atoms. The molecule has 1 saturated heterocycles. The molecule has 0 atom stereocenters. The molecular formula is C18H17FN4O3S. The van der Waals surface area contributed by atoms with Crippen LogP contribution in [-0.4, -0.2) is 41.7 Å². The van der Waals surface area contributed by atoms with Gasteiger partial charge in [-0.3, -0.25) is 18.5 Å². The Morgan fingerprint density at radius 3 is 2.96 bits per heavy atom. The fraction of sp³-hybridized carbons (Fsp3) is 0.333. The first-order valence-corrected chi connectivity index (χ1v) is 9.58. The van der Waals surface area contributed by atoms with Gasteiger partial charge in [-0.25, -0.2) is 4.39 Å². The number of H-pyrrole nitrogens is 1. The summed E-state index contributed by atoms with van der Waals surface area (Å²) in [5.41, 5.74) is 0.500. The minimum Gasteiger partial charge on any atom is -0.483 e. The van der Waals surface area contributed by atoms with Gasteiger partial charge >= 0.3 is 0 Å². The van der Waals surface area contributed by atoms with Crippen molar-refractivity contribution in [2.75, 3.05) is 37.7 Å². The lowest BCUT2D eigenvalue weighted by Crippen LogP contribution is -2.30. The molecular weight excluding hydrogens is 371 g/mol. The zero-order valence-electron chi connectivity index (χ0n) is 14.4. The molecule has 2 N–H and O–H groups in total. The number of nitrogens with zero attached hydrogens (tertiary/aromatic N) is 2. The number of nitrogens with one attached hydrogen (secondary N) is 2. The average molecular weight is 388 g/mol. The third-order valence-electron chi connectivity index (χ3n) is 5.12. The largest absolute Gasteiger partial charge is 0.483 e. The number of hydrogen-bond donors (Lipinski definition) is 2. The van der Waals surface area contributed by atoms with Crippen molar-refractivity contribution in [2.24, 2.45) is 0 Å². The van der Waals surface area contributed by atoms with E-state index < -0.39 is 16.8 Å². The summed E-state index contributed by atoms with van der Waals surface area (Å²) in [4.78, 5) is 27.5. The van der Waals surface area contributed by atoms with E-state index in [1.807, 2.05) is 4.90 Å². The van der Waals surface area contributed by atoms with Crippen molar-refractivity contribution in [3.8, 4) is 5.75 Å². The van der Waals surface area contributed by atoms with Gasteiger partial charge < -0.3 is 15.0 Å². The van der Waals surface area contributed by atoms with E-state index in [2.05, 4.69) is 16.3 Å². The molecule has 0 unspecified atom stereocenters. The summed E-state index contributed by atoms with van der Waals surface area (Å²) in [6.07, 6.45) is 0.884. The molecule has 2 aliphatic rings. The SMILES string of the molecule is C=C1COc2c(N3CCCNCC3)c(F)cc3c(=O)c4c(=O)[nH]sc4n1c23. The lowest BCUT2D eigenvalue weighted by molar-refractivity contribution is 0.357. The molecule has 27 heavy (non-hydrogen) atoms. The minimum absolute atomic E-state index is 0.0348. The van der Waals surface area contributed by atoms with Crippen molar-refractivity contribution in [1.29, 1.82) is 0 Å². The van der Waals surface area contributed by atoms with E-state index in [4.69, 9.17) is 4.74 Å². The predicted octanol–water partition coefficient (Wildman–Crippen LogP) is 1.71. The monoisotopic (exact) mass is 388 g/mol. The second kappa shape index (κ2) is 5.93. The van der Waals surface area contributed by atoms with Gasteiger partial charge in [0, 0.05) is 19.6 Å². The summed E-state index contributed by atoms with van der Waals surface area (Å²) in [5, 5.41) is 3.47. The molecule has 1 aromatic carbocycles. The Hall–Kier alpha value is -2.65. The second-order valence-electron chi connectivity index (χ2n) is 6.76. The fourth-order valence-corrected chi connectivity index (χ4v) is 4.80. The quantitative estimate of drug-likeness (QED) is 0.664. The van der Waals surface area contributed by atoms with Gasteiger partial charge in [0.15, 0.2) is 11.6 Å². The first-order valence-electron chi connectivity index (χ1n) is 8.77. The highest BCUT2D eigenvalue weighted by atomic mass is 32.1. The van der Waals surface area contributed by atoms with Gasteiger partial charge in [0.2, 0.25) is 5.43 Å². The van der Waals surface area contributed by atoms with Crippen LogP contribution in [-0.2, 0) is 0 Å². The number of benzene rings is 1. The first-order chi connectivity index (χ1) is 13.1. The lowest BCUT2D eigenvalue weighted by Gasteiger charge is -2.30. The molecule has 2 aliphatic heterocycles. The molecule has 0 saturated carbocycles. The van der Waals surface area contributed by atoms with E-state index >= 15 is 4.39 Å². The van der Waals surface area contributed by atoms with Crippen molar-refractivity contribution in [1.82, 2.24) is 14.3 Å². The second-order valence-corrected chi connectivity index (χ2v) is 7.55. The summed E-state index contributed by atoms with van der Waals surface area (Å²) in [5.74, 6) is -0.166. The van der Waals surface area contributed by atoms with Crippen LogP contribution in [0.5, 0.6) is 5.75 Å². The summed E-state index contributed by atoms with van der Waals surface area (Å²) in [6.45, 7) is 7.13. The van der Waals surface area contributed by atoms with Crippen LogP contribution in [0.1, 0.15) is 6.42 Å². The normalized spacial score (nSPS) is 17.4. The Bertz CT molecular complexity index is 1220. The van der Waals surface area contributed by atoms with E-state index in [-0.39, 0.29) is 17.4 Å². The highest BCUT2D eigenvalue weighted by Crippen LogP contribution is 2.42. The van der Waals surface area contributed by atoms with Gasteiger partial charge in [-0.2, -0.15) is 0 Å². The van der Waals surface area contributed by atoms with Crippen molar-refractivity contribution in [3.63, 3.8) is 0 Å². The number of rotatable bonds is 1. The summed E-state index contributed by atoms with van der Waals surface area (Å²) >= 11 is 1.08. The zero-order valence-corrected chi connectivity index (χ0v) is 15.2.